The molecule has 0 heterocycles. The van der Waals surface area contributed by atoms with Crippen LogP contribution < -0.4 is 0 Å². The molecule has 17 heavy (non-hydrogen) atoms. The zero-order chi connectivity index (χ0) is 13.1. The van der Waals surface area contributed by atoms with Crippen molar-refractivity contribution in [2.75, 3.05) is 13.1 Å². The third-order valence-electron chi connectivity index (χ3n) is 2.96. The SMILES string of the molecule is CC(C)CN(CC(=O)O)S(=O)(=O)C1CCCC1. The van der Waals surface area contributed by atoms with E-state index < -0.39 is 22.5 Å². The van der Waals surface area contributed by atoms with Gasteiger partial charge in [0.15, 0.2) is 0 Å². The van der Waals surface area contributed by atoms with E-state index >= 15 is 0 Å². The number of hydrogen-bond acceptors (Lipinski definition) is 3. The summed E-state index contributed by atoms with van der Waals surface area (Å²) in [6.07, 6.45) is 3.17. The zero-order valence-electron chi connectivity index (χ0n) is 10.4. The first-order valence-electron chi connectivity index (χ1n) is 6.04. The van der Waals surface area contributed by atoms with Gasteiger partial charge in [-0.2, -0.15) is 4.31 Å². The van der Waals surface area contributed by atoms with Gasteiger partial charge in [0.1, 0.15) is 6.54 Å². The first-order chi connectivity index (χ1) is 7.84. The molecule has 0 radical (unpaired) electrons. The van der Waals surface area contributed by atoms with Crippen molar-refractivity contribution in [1.29, 1.82) is 0 Å². The van der Waals surface area contributed by atoms with Crippen LogP contribution in [0.15, 0.2) is 0 Å². The molecule has 0 unspecified atom stereocenters. The summed E-state index contributed by atoms with van der Waals surface area (Å²) in [7, 11) is -3.44. The first kappa shape index (κ1) is 14.4. The topological polar surface area (TPSA) is 74.7 Å². The molecule has 0 aliphatic heterocycles. The van der Waals surface area contributed by atoms with Crippen molar-refractivity contribution >= 4 is 16.0 Å². The maximum Gasteiger partial charge on any atom is 0.318 e. The van der Waals surface area contributed by atoms with E-state index in [1.54, 1.807) is 0 Å². The molecule has 1 rings (SSSR count). The number of sulfonamides is 1. The predicted molar refractivity (Wildman–Crippen MR) is 65.2 cm³/mol. The number of carbonyl (C=O) groups is 1. The van der Waals surface area contributed by atoms with Gasteiger partial charge >= 0.3 is 5.97 Å². The Labute approximate surface area is 103 Å². The number of hydrogen-bond donors (Lipinski definition) is 1. The van der Waals surface area contributed by atoms with Crippen LogP contribution in [0, 0.1) is 5.92 Å². The van der Waals surface area contributed by atoms with Gasteiger partial charge in [-0.05, 0) is 18.8 Å². The molecule has 100 valence electrons. The number of carboxylic acid groups (broad SMARTS) is 1. The van der Waals surface area contributed by atoms with Gasteiger partial charge in [0.2, 0.25) is 10.0 Å². The lowest BCUT2D eigenvalue weighted by molar-refractivity contribution is -0.137. The van der Waals surface area contributed by atoms with Crippen LogP contribution in [0.5, 0.6) is 0 Å². The smallest absolute Gasteiger partial charge is 0.318 e. The fourth-order valence-electron chi connectivity index (χ4n) is 2.21. The Morgan fingerprint density at radius 1 is 1.35 bits per heavy atom. The number of nitrogens with zero attached hydrogens (tertiary/aromatic N) is 1. The van der Waals surface area contributed by atoms with Crippen LogP contribution in [0.4, 0.5) is 0 Å². The molecule has 0 amide bonds. The van der Waals surface area contributed by atoms with Gasteiger partial charge in [0.05, 0.1) is 5.25 Å². The highest BCUT2D eigenvalue weighted by molar-refractivity contribution is 7.89. The van der Waals surface area contributed by atoms with Crippen LogP contribution in [0.3, 0.4) is 0 Å². The van der Waals surface area contributed by atoms with E-state index in [4.69, 9.17) is 5.11 Å². The van der Waals surface area contributed by atoms with Crippen molar-refractivity contribution < 1.29 is 18.3 Å². The second-order valence-corrected chi connectivity index (χ2v) is 7.24. The van der Waals surface area contributed by atoms with Gasteiger partial charge in [-0.3, -0.25) is 4.79 Å². The Balaban J connectivity index is 2.82. The predicted octanol–water partition coefficient (Wildman–Crippen LogP) is 1.30. The van der Waals surface area contributed by atoms with Crippen molar-refractivity contribution in [2.45, 2.75) is 44.8 Å². The quantitative estimate of drug-likeness (QED) is 0.784. The first-order valence-corrected chi connectivity index (χ1v) is 7.55. The Morgan fingerprint density at radius 3 is 2.29 bits per heavy atom. The number of aliphatic carboxylic acids is 1. The van der Waals surface area contributed by atoms with Gasteiger partial charge < -0.3 is 5.11 Å². The highest BCUT2D eigenvalue weighted by atomic mass is 32.2. The molecule has 0 saturated heterocycles. The summed E-state index contributed by atoms with van der Waals surface area (Å²) in [5.74, 6) is -0.960. The number of carboxylic acids is 1. The summed E-state index contributed by atoms with van der Waals surface area (Å²) in [5, 5.41) is 8.42. The average Bonchev–Trinajstić information content (AvgIpc) is 2.68. The minimum Gasteiger partial charge on any atom is -0.480 e. The van der Waals surface area contributed by atoms with Crippen LogP contribution in [0.25, 0.3) is 0 Å². The van der Waals surface area contributed by atoms with Crippen molar-refractivity contribution in [2.24, 2.45) is 5.92 Å². The molecule has 5 nitrogen and oxygen atoms in total. The molecule has 0 aromatic carbocycles. The third kappa shape index (κ3) is 3.96. The standard InChI is InChI=1S/C11H21NO4S/c1-9(2)7-12(8-11(13)14)17(15,16)10-5-3-4-6-10/h9-10H,3-8H2,1-2H3,(H,13,14). The van der Waals surface area contributed by atoms with Gasteiger partial charge in [0.25, 0.3) is 0 Å². The maximum atomic E-state index is 12.3. The van der Waals surface area contributed by atoms with E-state index in [9.17, 15) is 13.2 Å². The summed E-state index contributed by atoms with van der Waals surface area (Å²) in [5.41, 5.74) is 0. The Morgan fingerprint density at radius 2 is 1.88 bits per heavy atom. The van der Waals surface area contributed by atoms with Crippen LogP contribution in [0.1, 0.15) is 39.5 Å². The molecule has 0 atom stereocenters. The Kier molecular flexibility index (Phi) is 4.94. The molecular formula is C11H21NO4S. The van der Waals surface area contributed by atoms with Crippen molar-refractivity contribution in [3.8, 4) is 0 Å². The third-order valence-corrected chi connectivity index (χ3v) is 5.28. The molecule has 0 spiro atoms. The van der Waals surface area contributed by atoms with E-state index in [1.807, 2.05) is 13.8 Å². The maximum absolute atomic E-state index is 12.3. The fraction of sp³-hybridized carbons (Fsp3) is 0.909. The number of rotatable bonds is 6. The second-order valence-electron chi connectivity index (χ2n) is 5.03. The highest BCUT2D eigenvalue weighted by Gasteiger charge is 2.35. The van der Waals surface area contributed by atoms with Crippen molar-refractivity contribution in [1.82, 2.24) is 4.31 Å². The van der Waals surface area contributed by atoms with E-state index in [0.29, 0.717) is 12.8 Å². The summed E-state index contributed by atoms with van der Waals surface area (Å²) in [4.78, 5) is 10.7. The molecule has 0 aromatic rings. The van der Waals surface area contributed by atoms with E-state index in [-0.39, 0.29) is 17.7 Å². The molecule has 1 saturated carbocycles. The van der Waals surface area contributed by atoms with Gasteiger partial charge in [-0.1, -0.05) is 26.7 Å². The molecule has 1 fully saturated rings. The van der Waals surface area contributed by atoms with Gasteiger partial charge in [-0.15, -0.1) is 0 Å². The summed E-state index contributed by atoms with van der Waals surface area (Å²) in [6, 6.07) is 0. The summed E-state index contributed by atoms with van der Waals surface area (Å²) >= 11 is 0. The van der Waals surface area contributed by atoms with E-state index in [2.05, 4.69) is 0 Å². The minimum absolute atomic E-state index is 0.130. The van der Waals surface area contributed by atoms with Crippen molar-refractivity contribution in [3.63, 3.8) is 0 Å². The molecule has 1 N–H and O–H groups in total. The van der Waals surface area contributed by atoms with E-state index in [0.717, 1.165) is 17.1 Å². The average molecular weight is 263 g/mol. The molecule has 1 aliphatic rings. The lowest BCUT2D eigenvalue weighted by atomic mass is 10.2. The van der Waals surface area contributed by atoms with Crippen molar-refractivity contribution in [3.05, 3.63) is 0 Å². The molecular weight excluding hydrogens is 242 g/mol. The second kappa shape index (κ2) is 5.82. The van der Waals surface area contributed by atoms with Gasteiger partial charge in [0, 0.05) is 6.54 Å². The van der Waals surface area contributed by atoms with Crippen LogP contribution in [0.2, 0.25) is 0 Å². The summed E-state index contributed by atoms with van der Waals surface area (Å²) < 4.78 is 25.7. The summed E-state index contributed by atoms with van der Waals surface area (Å²) in [6.45, 7) is 3.64. The lowest BCUT2D eigenvalue weighted by Gasteiger charge is -2.25. The monoisotopic (exact) mass is 263 g/mol. The molecule has 0 aromatic heterocycles. The zero-order valence-corrected chi connectivity index (χ0v) is 11.2. The largest absolute Gasteiger partial charge is 0.480 e. The molecule has 6 heteroatoms. The molecule has 1 aliphatic carbocycles. The van der Waals surface area contributed by atoms with Crippen LogP contribution >= 0.6 is 0 Å². The fourth-order valence-corrected chi connectivity index (χ4v) is 4.36. The van der Waals surface area contributed by atoms with E-state index in [1.165, 1.54) is 0 Å². The molecule has 0 bridgehead atoms. The lowest BCUT2D eigenvalue weighted by Crippen LogP contribution is -2.42. The van der Waals surface area contributed by atoms with Crippen LogP contribution in [-0.2, 0) is 14.8 Å². The van der Waals surface area contributed by atoms with Crippen LogP contribution in [-0.4, -0.2) is 42.1 Å². The normalized spacial score (nSPS) is 18.1. The Bertz CT molecular complexity index is 358. The van der Waals surface area contributed by atoms with Gasteiger partial charge in [-0.25, -0.2) is 8.42 Å². The Hall–Kier alpha value is -0.620. The minimum atomic E-state index is -3.44. The highest BCUT2D eigenvalue weighted by Crippen LogP contribution is 2.27.